The van der Waals surface area contributed by atoms with Crippen LogP contribution in [0.2, 0.25) is 0 Å². The molecule has 0 aliphatic rings. The summed E-state index contributed by atoms with van der Waals surface area (Å²) in [7, 11) is 0. The normalized spacial score (nSPS) is 10.3. The third kappa shape index (κ3) is 4.63. The molecule has 0 amide bonds. The maximum atomic E-state index is 13.5. The molecule has 0 unspecified atom stereocenters. The van der Waals surface area contributed by atoms with Gasteiger partial charge in [-0.2, -0.15) is 17.0 Å². The molecule has 0 aromatic heterocycles. The van der Waals surface area contributed by atoms with Gasteiger partial charge >= 0.3 is 0 Å². The predicted octanol–water partition coefficient (Wildman–Crippen LogP) is 3.07. The third-order valence-electron chi connectivity index (χ3n) is 2.52. The highest BCUT2D eigenvalue weighted by atomic mass is 32.2. The minimum absolute atomic E-state index is 0.00105. The maximum Gasteiger partial charge on any atom is 0.131 e. The van der Waals surface area contributed by atoms with Crippen molar-refractivity contribution in [2.75, 3.05) is 18.6 Å². The van der Waals surface area contributed by atoms with Crippen LogP contribution in [0.25, 0.3) is 0 Å². The molecule has 0 saturated carbocycles. The van der Waals surface area contributed by atoms with Crippen molar-refractivity contribution in [3.05, 3.63) is 34.9 Å². The molecule has 1 aromatic carbocycles. The SMILES string of the molecule is CSCCCCNCc1c(F)cc(C#N)cc1F. The van der Waals surface area contributed by atoms with E-state index in [1.165, 1.54) is 0 Å². The molecule has 0 aliphatic heterocycles. The highest BCUT2D eigenvalue weighted by Crippen LogP contribution is 2.14. The van der Waals surface area contributed by atoms with Crippen molar-refractivity contribution in [3.63, 3.8) is 0 Å². The lowest BCUT2D eigenvalue weighted by Gasteiger charge is -2.07. The summed E-state index contributed by atoms with van der Waals surface area (Å²) in [4.78, 5) is 0. The molecule has 1 rings (SSSR count). The van der Waals surface area contributed by atoms with Gasteiger partial charge in [-0.25, -0.2) is 8.78 Å². The van der Waals surface area contributed by atoms with Crippen LogP contribution in [0.4, 0.5) is 8.78 Å². The lowest BCUT2D eigenvalue weighted by Crippen LogP contribution is -2.17. The van der Waals surface area contributed by atoms with Crippen molar-refractivity contribution >= 4 is 11.8 Å². The van der Waals surface area contributed by atoms with E-state index in [-0.39, 0.29) is 17.7 Å². The standard InChI is InChI=1S/C13H16F2N2S/c1-18-5-3-2-4-17-9-11-12(14)6-10(8-16)7-13(11)15/h6-7,17H,2-5,9H2,1H3. The van der Waals surface area contributed by atoms with E-state index in [1.54, 1.807) is 17.8 Å². The quantitative estimate of drug-likeness (QED) is 0.773. The fourth-order valence-corrected chi connectivity index (χ4v) is 2.04. The second kappa shape index (κ2) is 8.06. The zero-order valence-corrected chi connectivity index (χ0v) is 11.1. The molecule has 0 bridgehead atoms. The van der Waals surface area contributed by atoms with Crippen molar-refractivity contribution < 1.29 is 8.78 Å². The summed E-state index contributed by atoms with van der Waals surface area (Å²) in [5.74, 6) is -0.229. The van der Waals surface area contributed by atoms with Crippen LogP contribution in [0, 0.1) is 23.0 Å². The topological polar surface area (TPSA) is 35.8 Å². The van der Waals surface area contributed by atoms with Gasteiger partial charge in [-0.05, 0) is 43.5 Å². The van der Waals surface area contributed by atoms with E-state index in [2.05, 4.69) is 11.6 Å². The van der Waals surface area contributed by atoms with Crippen molar-refractivity contribution in [1.82, 2.24) is 5.32 Å². The Balaban J connectivity index is 2.45. The molecule has 0 atom stereocenters. The van der Waals surface area contributed by atoms with Crippen LogP contribution in [0.15, 0.2) is 12.1 Å². The molecule has 0 saturated heterocycles. The highest BCUT2D eigenvalue weighted by molar-refractivity contribution is 7.98. The Morgan fingerprint density at radius 3 is 2.50 bits per heavy atom. The fourth-order valence-electron chi connectivity index (χ4n) is 1.55. The summed E-state index contributed by atoms with van der Waals surface area (Å²) in [5.41, 5.74) is 0.00703. The van der Waals surface area contributed by atoms with Crippen LogP contribution in [0.5, 0.6) is 0 Å². The predicted molar refractivity (Wildman–Crippen MR) is 70.4 cm³/mol. The lowest BCUT2D eigenvalue weighted by molar-refractivity contribution is 0.531. The summed E-state index contributed by atoms with van der Waals surface area (Å²) >= 11 is 1.79. The van der Waals surface area contributed by atoms with E-state index in [0.29, 0.717) is 0 Å². The number of hydrogen-bond acceptors (Lipinski definition) is 3. The first-order valence-electron chi connectivity index (χ1n) is 5.76. The van der Waals surface area contributed by atoms with Crippen molar-refractivity contribution in [3.8, 4) is 6.07 Å². The molecule has 0 aliphatic carbocycles. The number of halogens is 2. The zero-order chi connectivity index (χ0) is 13.4. The van der Waals surface area contributed by atoms with Crippen LogP contribution in [-0.2, 0) is 6.54 Å². The minimum Gasteiger partial charge on any atom is -0.312 e. The Kier molecular flexibility index (Phi) is 6.69. The molecule has 1 N–H and O–H groups in total. The number of thioether (sulfide) groups is 1. The average Bonchev–Trinajstić information content (AvgIpc) is 2.35. The monoisotopic (exact) mass is 270 g/mol. The van der Waals surface area contributed by atoms with Gasteiger partial charge in [0, 0.05) is 12.1 Å². The number of nitrogens with one attached hydrogen (secondary N) is 1. The number of nitriles is 1. The fraction of sp³-hybridized carbons (Fsp3) is 0.462. The number of rotatable bonds is 7. The van der Waals surface area contributed by atoms with Gasteiger partial charge in [-0.3, -0.25) is 0 Å². The summed E-state index contributed by atoms with van der Waals surface area (Å²) in [5, 5.41) is 11.6. The summed E-state index contributed by atoms with van der Waals surface area (Å²) in [6, 6.07) is 3.85. The van der Waals surface area contributed by atoms with Crippen molar-refractivity contribution in [1.29, 1.82) is 5.26 Å². The average molecular weight is 270 g/mol. The van der Waals surface area contributed by atoms with Gasteiger partial charge in [0.05, 0.1) is 11.6 Å². The first kappa shape index (κ1) is 14.9. The molecular weight excluding hydrogens is 254 g/mol. The molecule has 0 fully saturated rings. The van der Waals surface area contributed by atoms with Gasteiger partial charge in [0.25, 0.3) is 0 Å². The van der Waals surface area contributed by atoms with Crippen LogP contribution in [0.3, 0.4) is 0 Å². The summed E-state index contributed by atoms with van der Waals surface area (Å²) in [6.07, 6.45) is 4.13. The van der Waals surface area contributed by atoms with E-state index in [4.69, 9.17) is 5.26 Å². The summed E-state index contributed by atoms with van der Waals surface area (Å²) < 4.78 is 27.0. The molecule has 5 heteroatoms. The third-order valence-corrected chi connectivity index (χ3v) is 3.22. The minimum atomic E-state index is -0.664. The Bertz CT molecular complexity index is 406. The van der Waals surface area contributed by atoms with Crippen molar-refractivity contribution in [2.24, 2.45) is 0 Å². The van der Waals surface area contributed by atoms with Gasteiger partial charge in [-0.1, -0.05) is 0 Å². The first-order chi connectivity index (χ1) is 8.69. The van der Waals surface area contributed by atoms with E-state index in [0.717, 1.165) is 37.3 Å². The smallest absolute Gasteiger partial charge is 0.131 e. The molecular formula is C13H16F2N2S. The largest absolute Gasteiger partial charge is 0.312 e. The van der Waals surface area contributed by atoms with E-state index in [1.807, 2.05) is 0 Å². The van der Waals surface area contributed by atoms with Crippen molar-refractivity contribution in [2.45, 2.75) is 19.4 Å². The van der Waals surface area contributed by atoms with Gasteiger partial charge in [0.2, 0.25) is 0 Å². The second-order valence-electron chi connectivity index (χ2n) is 3.91. The number of benzene rings is 1. The maximum absolute atomic E-state index is 13.5. The van der Waals surface area contributed by atoms with E-state index >= 15 is 0 Å². The summed E-state index contributed by atoms with van der Waals surface area (Å²) in [6.45, 7) is 0.891. The van der Waals surface area contributed by atoms with E-state index < -0.39 is 11.6 Å². The van der Waals surface area contributed by atoms with Gasteiger partial charge in [-0.15, -0.1) is 0 Å². The van der Waals surface area contributed by atoms with Crippen LogP contribution >= 0.6 is 11.8 Å². The Morgan fingerprint density at radius 2 is 1.94 bits per heavy atom. The Hall–Kier alpha value is -1.12. The molecule has 1 aromatic rings. The van der Waals surface area contributed by atoms with Crippen LogP contribution in [0.1, 0.15) is 24.0 Å². The number of hydrogen-bond donors (Lipinski definition) is 1. The lowest BCUT2D eigenvalue weighted by atomic mass is 10.1. The molecule has 2 nitrogen and oxygen atoms in total. The number of unbranched alkanes of at least 4 members (excludes halogenated alkanes) is 1. The molecule has 0 heterocycles. The van der Waals surface area contributed by atoms with Gasteiger partial charge < -0.3 is 5.32 Å². The second-order valence-corrected chi connectivity index (χ2v) is 4.89. The molecule has 0 spiro atoms. The zero-order valence-electron chi connectivity index (χ0n) is 10.3. The Labute approximate surface area is 110 Å². The van der Waals surface area contributed by atoms with E-state index in [9.17, 15) is 8.78 Å². The number of nitrogens with zero attached hydrogens (tertiary/aromatic N) is 1. The van der Waals surface area contributed by atoms with Crippen LogP contribution in [-0.4, -0.2) is 18.6 Å². The Morgan fingerprint density at radius 1 is 1.28 bits per heavy atom. The highest BCUT2D eigenvalue weighted by Gasteiger charge is 2.10. The molecule has 18 heavy (non-hydrogen) atoms. The van der Waals surface area contributed by atoms with Gasteiger partial charge in [0.15, 0.2) is 0 Å². The van der Waals surface area contributed by atoms with Gasteiger partial charge in [0.1, 0.15) is 11.6 Å². The first-order valence-corrected chi connectivity index (χ1v) is 7.16. The molecule has 0 radical (unpaired) electrons. The van der Waals surface area contributed by atoms with Crippen LogP contribution < -0.4 is 5.32 Å². The molecule has 98 valence electrons.